The Labute approximate surface area is 163 Å². The molecule has 0 saturated carbocycles. The van der Waals surface area contributed by atoms with E-state index in [9.17, 15) is 4.79 Å². The van der Waals surface area contributed by atoms with Gasteiger partial charge in [0, 0.05) is 49.4 Å². The lowest BCUT2D eigenvalue weighted by Crippen LogP contribution is -2.39. The van der Waals surface area contributed by atoms with E-state index >= 15 is 0 Å². The Morgan fingerprint density at radius 3 is 2.82 bits per heavy atom. The number of benzene rings is 1. The van der Waals surface area contributed by atoms with Crippen LogP contribution < -0.4 is 4.74 Å². The molecule has 1 fully saturated rings. The Morgan fingerprint density at radius 2 is 2.00 bits per heavy atom. The van der Waals surface area contributed by atoms with E-state index in [0.717, 1.165) is 35.5 Å². The van der Waals surface area contributed by atoms with Gasteiger partial charge in [0.25, 0.3) is 5.91 Å². The zero-order valence-corrected chi connectivity index (χ0v) is 15.7. The summed E-state index contributed by atoms with van der Waals surface area (Å²) in [6.07, 6.45) is 9.89. The average Bonchev–Trinajstić information content (AvgIpc) is 2.79. The van der Waals surface area contributed by atoms with Crippen LogP contribution in [-0.2, 0) is 0 Å². The van der Waals surface area contributed by atoms with Crippen LogP contribution in [0.2, 0.25) is 0 Å². The van der Waals surface area contributed by atoms with E-state index in [4.69, 9.17) is 4.74 Å². The summed E-state index contributed by atoms with van der Waals surface area (Å²) in [5, 5.41) is 0. The first-order valence-corrected chi connectivity index (χ1v) is 9.27. The predicted molar refractivity (Wildman–Crippen MR) is 104 cm³/mol. The Balaban J connectivity index is 1.62. The van der Waals surface area contributed by atoms with Crippen LogP contribution in [0, 0.1) is 0 Å². The minimum Gasteiger partial charge on any atom is -0.497 e. The number of likely N-dealkylation sites (tertiary alicyclic amines) is 1. The van der Waals surface area contributed by atoms with Crippen LogP contribution in [0.5, 0.6) is 5.75 Å². The molecule has 1 amide bonds. The number of ether oxygens (including phenoxy) is 1. The molecule has 7 heteroatoms. The number of carbonyl (C=O) groups is 1. The zero-order valence-electron chi connectivity index (χ0n) is 15.7. The fourth-order valence-electron chi connectivity index (χ4n) is 3.60. The fourth-order valence-corrected chi connectivity index (χ4v) is 3.60. The quantitative estimate of drug-likeness (QED) is 0.697. The molecule has 1 atom stereocenters. The van der Waals surface area contributed by atoms with Crippen LogP contribution in [0.1, 0.15) is 34.9 Å². The van der Waals surface area contributed by atoms with E-state index in [0.29, 0.717) is 18.8 Å². The molecule has 1 aromatic carbocycles. The van der Waals surface area contributed by atoms with Crippen molar-refractivity contribution in [1.29, 1.82) is 0 Å². The lowest BCUT2D eigenvalue weighted by molar-refractivity contribution is 0.0699. The van der Waals surface area contributed by atoms with Crippen LogP contribution in [0.25, 0.3) is 11.3 Å². The minimum atomic E-state index is -0.0929. The van der Waals surface area contributed by atoms with Crippen molar-refractivity contribution in [1.82, 2.24) is 24.8 Å². The van der Waals surface area contributed by atoms with Gasteiger partial charge in [0.05, 0.1) is 24.7 Å². The topological polar surface area (TPSA) is 81.1 Å². The smallest absolute Gasteiger partial charge is 0.274 e. The second kappa shape index (κ2) is 8.12. The molecule has 0 bridgehead atoms. The van der Waals surface area contributed by atoms with E-state index in [1.54, 1.807) is 25.7 Å². The van der Waals surface area contributed by atoms with E-state index in [1.165, 1.54) is 12.4 Å². The standard InChI is InChI=1S/C21H21N5O2/c1-28-17-6-2-4-15(12-17)19-20(25-10-9-24-19)16-5-3-11-26(14-16)21(27)18-13-22-7-8-23-18/h2,4,6-10,12-13,16H,3,5,11,14H2,1H3/t16-/m1/s1. The highest BCUT2D eigenvalue weighted by atomic mass is 16.5. The number of aromatic nitrogens is 4. The number of methoxy groups -OCH3 is 1. The number of hydrogen-bond acceptors (Lipinski definition) is 6. The Kier molecular flexibility index (Phi) is 5.23. The number of amides is 1. The molecule has 2 aromatic heterocycles. The number of nitrogens with zero attached hydrogens (tertiary/aromatic N) is 5. The summed E-state index contributed by atoms with van der Waals surface area (Å²) >= 11 is 0. The van der Waals surface area contributed by atoms with E-state index in [1.807, 2.05) is 29.2 Å². The van der Waals surface area contributed by atoms with Crippen molar-refractivity contribution in [3.05, 3.63) is 66.6 Å². The van der Waals surface area contributed by atoms with Crippen LogP contribution >= 0.6 is 0 Å². The molecule has 4 rings (SSSR count). The molecule has 1 saturated heterocycles. The Hall–Kier alpha value is -3.35. The van der Waals surface area contributed by atoms with Gasteiger partial charge in [-0.2, -0.15) is 0 Å². The van der Waals surface area contributed by atoms with Crippen LogP contribution in [-0.4, -0.2) is 50.9 Å². The minimum absolute atomic E-state index is 0.0929. The summed E-state index contributed by atoms with van der Waals surface area (Å²) in [4.78, 5) is 32.0. The van der Waals surface area contributed by atoms with Crippen molar-refractivity contribution in [2.75, 3.05) is 20.2 Å². The van der Waals surface area contributed by atoms with E-state index < -0.39 is 0 Å². The molecular weight excluding hydrogens is 354 g/mol. The molecule has 0 unspecified atom stereocenters. The van der Waals surface area contributed by atoms with Gasteiger partial charge in [0.15, 0.2) is 0 Å². The largest absolute Gasteiger partial charge is 0.497 e. The Morgan fingerprint density at radius 1 is 1.14 bits per heavy atom. The van der Waals surface area contributed by atoms with Crippen molar-refractivity contribution < 1.29 is 9.53 Å². The second-order valence-corrected chi connectivity index (χ2v) is 6.70. The van der Waals surface area contributed by atoms with E-state index in [2.05, 4.69) is 19.9 Å². The maximum atomic E-state index is 12.8. The summed E-state index contributed by atoms with van der Waals surface area (Å²) in [5.74, 6) is 0.797. The van der Waals surface area contributed by atoms with Crippen molar-refractivity contribution >= 4 is 5.91 Å². The summed E-state index contributed by atoms with van der Waals surface area (Å²) in [5.41, 5.74) is 3.07. The second-order valence-electron chi connectivity index (χ2n) is 6.70. The van der Waals surface area contributed by atoms with Gasteiger partial charge in [-0.15, -0.1) is 0 Å². The number of carbonyl (C=O) groups excluding carboxylic acids is 1. The third kappa shape index (κ3) is 3.69. The summed E-state index contributed by atoms with van der Waals surface area (Å²) in [6, 6.07) is 7.80. The summed E-state index contributed by atoms with van der Waals surface area (Å²) in [6.45, 7) is 1.30. The first-order chi connectivity index (χ1) is 13.8. The van der Waals surface area contributed by atoms with Crippen molar-refractivity contribution in [2.45, 2.75) is 18.8 Å². The van der Waals surface area contributed by atoms with Gasteiger partial charge in [-0.25, -0.2) is 4.98 Å². The molecule has 3 aromatic rings. The highest BCUT2D eigenvalue weighted by Gasteiger charge is 2.29. The molecule has 0 radical (unpaired) electrons. The fraction of sp³-hybridized carbons (Fsp3) is 0.286. The van der Waals surface area contributed by atoms with Gasteiger partial charge in [-0.05, 0) is 25.0 Å². The van der Waals surface area contributed by atoms with Crippen molar-refractivity contribution in [3.63, 3.8) is 0 Å². The first kappa shape index (κ1) is 18.0. The maximum absolute atomic E-state index is 12.8. The molecule has 1 aliphatic heterocycles. The lowest BCUT2D eigenvalue weighted by atomic mass is 9.91. The highest BCUT2D eigenvalue weighted by Crippen LogP contribution is 2.33. The molecule has 3 heterocycles. The van der Waals surface area contributed by atoms with Gasteiger partial charge in [0.2, 0.25) is 0 Å². The summed E-state index contributed by atoms with van der Waals surface area (Å²) < 4.78 is 5.35. The first-order valence-electron chi connectivity index (χ1n) is 9.27. The van der Waals surface area contributed by atoms with Gasteiger partial charge >= 0.3 is 0 Å². The van der Waals surface area contributed by atoms with E-state index in [-0.39, 0.29) is 11.8 Å². The predicted octanol–water partition coefficient (Wildman–Crippen LogP) is 2.96. The van der Waals surface area contributed by atoms with Crippen LogP contribution in [0.3, 0.4) is 0 Å². The van der Waals surface area contributed by atoms with Crippen molar-refractivity contribution in [2.24, 2.45) is 0 Å². The third-order valence-corrected chi connectivity index (χ3v) is 4.95. The molecule has 0 aliphatic carbocycles. The average molecular weight is 375 g/mol. The Bertz CT molecular complexity index is 964. The van der Waals surface area contributed by atoms with Crippen LogP contribution in [0.15, 0.2) is 55.2 Å². The number of piperidine rings is 1. The summed E-state index contributed by atoms with van der Waals surface area (Å²) in [7, 11) is 1.65. The molecule has 0 spiro atoms. The monoisotopic (exact) mass is 375 g/mol. The zero-order chi connectivity index (χ0) is 19.3. The lowest BCUT2D eigenvalue weighted by Gasteiger charge is -2.32. The molecule has 142 valence electrons. The van der Waals surface area contributed by atoms with Crippen LogP contribution in [0.4, 0.5) is 0 Å². The molecular formula is C21H21N5O2. The molecule has 7 nitrogen and oxygen atoms in total. The molecule has 28 heavy (non-hydrogen) atoms. The normalized spacial score (nSPS) is 16.6. The van der Waals surface area contributed by atoms with Gasteiger partial charge in [-0.3, -0.25) is 19.7 Å². The van der Waals surface area contributed by atoms with Gasteiger partial charge in [0.1, 0.15) is 11.4 Å². The SMILES string of the molecule is COc1cccc(-c2nccnc2[C@@H]2CCCN(C(=O)c3cnccn3)C2)c1. The molecule has 0 N–H and O–H groups in total. The highest BCUT2D eigenvalue weighted by molar-refractivity contribution is 5.92. The maximum Gasteiger partial charge on any atom is 0.274 e. The van der Waals surface area contributed by atoms with Crippen molar-refractivity contribution in [3.8, 4) is 17.0 Å². The number of rotatable bonds is 4. The van der Waals surface area contributed by atoms with Gasteiger partial charge < -0.3 is 9.64 Å². The number of hydrogen-bond donors (Lipinski definition) is 0. The van der Waals surface area contributed by atoms with Gasteiger partial charge in [-0.1, -0.05) is 12.1 Å². The molecule has 1 aliphatic rings. The third-order valence-electron chi connectivity index (χ3n) is 4.95.